The lowest BCUT2D eigenvalue weighted by molar-refractivity contribution is -0.142. The molecule has 1 rings (SSSR count). The first-order valence-electron chi connectivity index (χ1n) is 6.71. The van der Waals surface area contributed by atoms with Gasteiger partial charge in [-0.15, -0.1) is 0 Å². The van der Waals surface area contributed by atoms with Gasteiger partial charge < -0.3 is 4.74 Å². The third-order valence-corrected chi connectivity index (χ3v) is 4.13. The largest absolute Gasteiger partial charge is 0.465 e. The molecule has 0 radical (unpaired) electrons. The SMILES string of the molecule is C=C(C)[C@@H]1CC=C(C(=O)SCCOC(=O)CC)CC1. The molecule has 0 saturated carbocycles. The number of hydrogen-bond acceptors (Lipinski definition) is 4. The van der Waals surface area contributed by atoms with Crippen molar-refractivity contribution in [3.8, 4) is 0 Å². The van der Waals surface area contributed by atoms with E-state index in [0.717, 1.165) is 24.8 Å². The molecule has 4 heteroatoms. The predicted molar refractivity (Wildman–Crippen MR) is 79.0 cm³/mol. The fourth-order valence-corrected chi connectivity index (χ4v) is 2.67. The summed E-state index contributed by atoms with van der Waals surface area (Å²) in [5.41, 5.74) is 2.10. The molecule has 106 valence electrons. The summed E-state index contributed by atoms with van der Waals surface area (Å²) in [7, 11) is 0. The Morgan fingerprint density at radius 2 is 2.26 bits per heavy atom. The summed E-state index contributed by atoms with van der Waals surface area (Å²) in [4.78, 5) is 22.8. The van der Waals surface area contributed by atoms with Crippen molar-refractivity contribution < 1.29 is 14.3 Å². The van der Waals surface area contributed by atoms with Crippen LogP contribution in [-0.2, 0) is 14.3 Å². The van der Waals surface area contributed by atoms with Crippen molar-refractivity contribution >= 4 is 22.8 Å². The Balaban J connectivity index is 2.27. The number of allylic oxidation sites excluding steroid dienone is 2. The molecule has 0 aromatic carbocycles. The Morgan fingerprint density at radius 1 is 1.53 bits per heavy atom. The number of ether oxygens (including phenoxy) is 1. The van der Waals surface area contributed by atoms with Crippen LogP contribution in [0.1, 0.15) is 39.5 Å². The second-order valence-corrected chi connectivity index (χ2v) is 5.82. The van der Waals surface area contributed by atoms with Gasteiger partial charge in [-0.05, 0) is 32.1 Å². The molecule has 1 aliphatic rings. The molecule has 0 heterocycles. The molecule has 0 N–H and O–H groups in total. The van der Waals surface area contributed by atoms with Crippen molar-refractivity contribution in [1.29, 1.82) is 0 Å². The summed E-state index contributed by atoms with van der Waals surface area (Å²) < 4.78 is 4.93. The average Bonchev–Trinajstić information content (AvgIpc) is 2.43. The van der Waals surface area contributed by atoms with Crippen molar-refractivity contribution in [3.63, 3.8) is 0 Å². The van der Waals surface area contributed by atoms with Gasteiger partial charge in [0.05, 0.1) is 0 Å². The molecule has 0 amide bonds. The Morgan fingerprint density at radius 3 is 2.79 bits per heavy atom. The summed E-state index contributed by atoms with van der Waals surface area (Å²) in [5.74, 6) is 0.840. The molecule has 0 saturated heterocycles. The van der Waals surface area contributed by atoms with Crippen molar-refractivity contribution in [2.45, 2.75) is 39.5 Å². The zero-order valence-electron chi connectivity index (χ0n) is 11.7. The van der Waals surface area contributed by atoms with Crippen LogP contribution in [0.4, 0.5) is 0 Å². The normalized spacial score (nSPS) is 18.6. The molecule has 0 bridgehead atoms. The second kappa shape index (κ2) is 8.20. The Kier molecular flexibility index (Phi) is 6.92. The van der Waals surface area contributed by atoms with Crippen LogP contribution < -0.4 is 0 Å². The molecule has 19 heavy (non-hydrogen) atoms. The number of carbonyl (C=O) groups is 2. The van der Waals surface area contributed by atoms with Crippen molar-refractivity contribution in [2.75, 3.05) is 12.4 Å². The van der Waals surface area contributed by atoms with E-state index >= 15 is 0 Å². The van der Waals surface area contributed by atoms with E-state index < -0.39 is 0 Å². The lowest BCUT2D eigenvalue weighted by atomic mass is 9.86. The maximum atomic E-state index is 11.9. The van der Waals surface area contributed by atoms with E-state index in [1.54, 1.807) is 6.92 Å². The Bertz CT molecular complexity index is 385. The van der Waals surface area contributed by atoms with Gasteiger partial charge in [-0.25, -0.2) is 0 Å². The lowest BCUT2D eigenvalue weighted by Gasteiger charge is -2.21. The van der Waals surface area contributed by atoms with Crippen LogP contribution in [-0.4, -0.2) is 23.4 Å². The van der Waals surface area contributed by atoms with E-state index in [2.05, 4.69) is 6.58 Å². The minimum Gasteiger partial charge on any atom is -0.465 e. The first-order valence-corrected chi connectivity index (χ1v) is 7.70. The van der Waals surface area contributed by atoms with Gasteiger partial charge in [0, 0.05) is 17.7 Å². The summed E-state index contributed by atoms with van der Waals surface area (Å²) >= 11 is 1.24. The molecule has 1 atom stereocenters. The highest BCUT2D eigenvalue weighted by Crippen LogP contribution is 2.30. The van der Waals surface area contributed by atoms with Crippen LogP contribution >= 0.6 is 11.8 Å². The molecule has 3 nitrogen and oxygen atoms in total. The fourth-order valence-electron chi connectivity index (χ4n) is 1.95. The molecular formula is C15H22O3S. The van der Waals surface area contributed by atoms with Crippen LogP contribution in [0.5, 0.6) is 0 Å². The molecule has 0 spiro atoms. The van der Waals surface area contributed by atoms with Gasteiger partial charge in [-0.2, -0.15) is 0 Å². The first kappa shape index (κ1) is 16.0. The van der Waals surface area contributed by atoms with Gasteiger partial charge in [0.1, 0.15) is 6.61 Å². The highest BCUT2D eigenvalue weighted by atomic mass is 32.2. The van der Waals surface area contributed by atoms with E-state index in [4.69, 9.17) is 4.74 Å². The van der Waals surface area contributed by atoms with E-state index in [-0.39, 0.29) is 11.1 Å². The number of rotatable bonds is 6. The van der Waals surface area contributed by atoms with Gasteiger partial charge >= 0.3 is 5.97 Å². The van der Waals surface area contributed by atoms with Crippen LogP contribution in [0.15, 0.2) is 23.8 Å². The molecule has 0 unspecified atom stereocenters. The summed E-state index contributed by atoms with van der Waals surface area (Å²) in [6.45, 7) is 8.08. The zero-order valence-corrected chi connectivity index (χ0v) is 12.6. The highest BCUT2D eigenvalue weighted by Gasteiger charge is 2.19. The Hall–Kier alpha value is -1.03. The number of esters is 1. The van der Waals surface area contributed by atoms with Crippen molar-refractivity contribution in [3.05, 3.63) is 23.8 Å². The predicted octanol–water partition coefficient (Wildman–Crippen LogP) is 3.50. The van der Waals surface area contributed by atoms with Gasteiger partial charge in [0.25, 0.3) is 0 Å². The highest BCUT2D eigenvalue weighted by molar-refractivity contribution is 8.14. The van der Waals surface area contributed by atoms with Crippen LogP contribution in [0.25, 0.3) is 0 Å². The fraction of sp³-hybridized carbons (Fsp3) is 0.600. The summed E-state index contributed by atoms with van der Waals surface area (Å²) in [5, 5.41) is 0.118. The molecule has 0 aliphatic heterocycles. The molecule has 0 aromatic rings. The van der Waals surface area contributed by atoms with Crippen molar-refractivity contribution in [2.24, 2.45) is 5.92 Å². The summed E-state index contributed by atoms with van der Waals surface area (Å²) in [6, 6.07) is 0. The van der Waals surface area contributed by atoms with Gasteiger partial charge in [0.2, 0.25) is 5.12 Å². The minimum atomic E-state index is -0.214. The second-order valence-electron chi connectivity index (χ2n) is 4.76. The van der Waals surface area contributed by atoms with E-state index in [9.17, 15) is 9.59 Å². The maximum Gasteiger partial charge on any atom is 0.305 e. The molecule has 1 aliphatic carbocycles. The smallest absolute Gasteiger partial charge is 0.305 e. The topological polar surface area (TPSA) is 43.4 Å². The summed E-state index contributed by atoms with van der Waals surface area (Å²) in [6.07, 6.45) is 5.18. The van der Waals surface area contributed by atoms with Gasteiger partial charge in [0.15, 0.2) is 0 Å². The molecular weight excluding hydrogens is 260 g/mol. The first-order chi connectivity index (χ1) is 9.04. The van der Waals surface area contributed by atoms with Crippen LogP contribution in [0.3, 0.4) is 0 Å². The monoisotopic (exact) mass is 282 g/mol. The third kappa shape index (κ3) is 5.64. The lowest BCUT2D eigenvalue weighted by Crippen LogP contribution is -2.12. The molecule has 0 aromatic heterocycles. The Labute approximate surface area is 119 Å². The quantitative estimate of drug-likeness (QED) is 0.425. The number of hydrogen-bond donors (Lipinski definition) is 0. The zero-order chi connectivity index (χ0) is 14.3. The van der Waals surface area contributed by atoms with Crippen LogP contribution in [0.2, 0.25) is 0 Å². The van der Waals surface area contributed by atoms with Crippen LogP contribution in [0, 0.1) is 5.92 Å². The van der Waals surface area contributed by atoms with E-state index in [1.807, 2.05) is 13.0 Å². The average molecular weight is 282 g/mol. The molecule has 0 fully saturated rings. The van der Waals surface area contributed by atoms with E-state index in [0.29, 0.717) is 24.7 Å². The van der Waals surface area contributed by atoms with Gasteiger partial charge in [-0.3, -0.25) is 9.59 Å². The third-order valence-electron chi connectivity index (χ3n) is 3.24. The number of carbonyl (C=O) groups excluding carboxylic acids is 2. The maximum absolute atomic E-state index is 11.9. The van der Waals surface area contributed by atoms with Crippen molar-refractivity contribution in [1.82, 2.24) is 0 Å². The minimum absolute atomic E-state index is 0.118. The van der Waals surface area contributed by atoms with Gasteiger partial charge in [-0.1, -0.05) is 36.9 Å². The standard InChI is InChI=1S/C15H22O3S/c1-4-14(16)18-9-10-19-15(17)13-7-5-12(6-8-13)11(2)3/h7,12H,2,4-6,8-10H2,1,3H3/t12-/m1/s1. The number of thioether (sulfide) groups is 1. The van der Waals surface area contributed by atoms with E-state index in [1.165, 1.54) is 17.3 Å².